The van der Waals surface area contributed by atoms with E-state index in [9.17, 15) is 14.7 Å². The lowest BCUT2D eigenvalue weighted by Gasteiger charge is -2.24. The van der Waals surface area contributed by atoms with Crippen molar-refractivity contribution in [1.82, 2.24) is 4.98 Å². The maximum atomic E-state index is 13.9. The molecule has 0 aliphatic carbocycles. The monoisotopic (exact) mass is 648 g/mol. The molecule has 1 fully saturated rings. The minimum atomic E-state index is -0.987. The van der Waals surface area contributed by atoms with Crippen molar-refractivity contribution in [2.45, 2.75) is 46.3 Å². The molecule has 0 saturated carbocycles. The third kappa shape index (κ3) is 6.44. The van der Waals surface area contributed by atoms with Gasteiger partial charge in [-0.25, -0.2) is 4.98 Å². The van der Waals surface area contributed by atoms with E-state index in [4.69, 9.17) is 19.2 Å². The van der Waals surface area contributed by atoms with Gasteiger partial charge in [0, 0.05) is 5.56 Å². The number of benzene rings is 4. The number of unbranched alkanes of at least 4 members (excludes halogenated alkanes) is 1. The van der Waals surface area contributed by atoms with Gasteiger partial charge in [0.2, 0.25) is 0 Å². The summed E-state index contributed by atoms with van der Waals surface area (Å²) in [6, 6.07) is 25.0. The van der Waals surface area contributed by atoms with Crippen LogP contribution in [0.4, 0.5) is 5.13 Å². The quantitative estimate of drug-likeness (QED) is 0.0666. The number of aryl methyl sites for hydroxylation is 2. The molecule has 4 aromatic carbocycles. The van der Waals surface area contributed by atoms with Gasteiger partial charge >= 0.3 is 5.91 Å². The van der Waals surface area contributed by atoms with Gasteiger partial charge < -0.3 is 19.3 Å². The number of thiazole rings is 1. The van der Waals surface area contributed by atoms with Gasteiger partial charge in [-0.2, -0.15) is 0 Å². The van der Waals surface area contributed by atoms with E-state index in [-0.39, 0.29) is 11.3 Å². The molecule has 1 aliphatic rings. The molecule has 0 spiro atoms. The number of Topliss-reactive ketones (excluding diaryl/α,β-unsaturated/α-hetero) is 1. The number of carbonyl (C=O) groups is 2. The second-order valence-electron chi connectivity index (χ2n) is 11.5. The number of rotatable bonds is 11. The number of hydrogen-bond acceptors (Lipinski definition) is 8. The molecule has 0 radical (unpaired) electrons. The fourth-order valence-corrected chi connectivity index (χ4v) is 6.91. The summed E-state index contributed by atoms with van der Waals surface area (Å²) in [6.07, 6.45) is 1.86. The van der Waals surface area contributed by atoms with Crippen LogP contribution in [0.3, 0.4) is 0 Å². The van der Waals surface area contributed by atoms with E-state index in [0.29, 0.717) is 46.7 Å². The first-order chi connectivity index (χ1) is 22.8. The second kappa shape index (κ2) is 13.7. The van der Waals surface area contributed by atoms with Gasteiger partial charge in [-0.1, -0.05) is 79.3 Å². The third-order valence-corrected chi connectivity index (χ3v) is 9.09. The van der Waals surface area contributed by atoms with Crippen molar-refractivity contribution in [2.24, 2.45) is 0 Å². The van der Waals surface area contributed by atoms with E-state index in [1.165, 1.54) is 23.3 Å². The summed E-state index contributed by atoms with van der Waals surface area (Å²) in [5, 5.41) is 12.1. The van der Waals surface area contributed by atoms with Crippen molar-refractivity contribution in [3.63, 3.8) is 0 Å². The highest BCUT2D eigenvalue weighted by Gasteiger charge is 2.48. The average molecular weight is 649 g/mol. The van der Waals surface area contributed by atoms with E-state index in [1.807, 2.05) is 56.3 Å². The Morgan fingerprint density at radius 3 is 2.51 bits per heavy atom. The predicted octanol–water partition coefficient (Wildman–Crippen LogP) is 8.31. The standard InChI is InChI=1S/C38H36N2O6S/c1-5-6-17-45-28-14-10-13-27(20-28)35(41)32-34(26-15-16-29(30(21-26)44-4)46-22-25-11-8-7-9-12-25)40(37(43)36(32)42)38-39-33-24(3)18-23(2)19-31(33)47-38/h7-16,18-21,34,41H,5-6,17,22H2,1-4H3/b35-32+. The van der Waals surface area contributed by atoms with Gasteiger partial charge in [-0.05, 0) is 72.9 Å². The molecule has 0 bridgehead atoms. The number of fused-ring (bicyclic) bond motifs is 1. The van der Waals surface area contributed by atoms with Gasteiger partial charge in [-0.3, -0.25) is 14.5 Å². The summed E-state index contributed by atoms with van der Waals surface area (Å²) in [5.41, 5.74) is 4.67. The minimum absolute atomic E-state index is 0.0483. The third-order valence-electron chi connectivity index (χ3n) is 8.08. The van der Waals surface area contributed by atoms with E-state index in [2.05, 4.69) is 6.92 Å². The van der Waals surface area contributed by atoms with Crippen LogP contribution in [0.1, 0.15) is 53.6 Å². The predicted molar refractivity (Wildman–Crippen MR) is 184 cm³/mol. The Bertz CT molecular complexity index is 1980. The number of ether oxygens (including phenoxy) is 3. The minimum Gasteiger partial charge on any atom is -0.507 e. The van der Waals surface area contributed by atoms with E-state index in [1.54, 1.807) is 42.5 Å². The van der Waals surface area contributed by atoms with Crippen molar-refractivity contribution in [2.75, 3.05) is 18.6 Å². The van der Waals surface area contributed by atoms with Crippen LogP contribution >= 0.6 is 11.3 Å². The van der Waals surface area contributed by atoms with E-state index in [0.717, 1.165) is 39.7 Å². The highest BCUT2D eigenvalue weighted by molar-refractivity contribution is 7.22. The first-order valence-corrected chi connectivity index (χ1v) is 16.4. The Morgan fingerprint density at radius 2 is 1.74 bits per heavy atom. The first-order valence-electron chi connectivity index (χ1n) is 15.6. The average Bonchev–Trinajstić information content (AvgIpc) is 3.62. The highest BCUT2D eigenvalue weighted by atomic mass is 32.1. The lowest BCUT2D eigenvalue weighted by atomic mass is 9.95. The smallest absolute Gasteiger partial charge is 0.301 e. The molecular formula is C38H36N2O6S. The zero-order valence-corrected chi connectivity index (χ0v) is 27.6. The number of amides is 1. The number of hydrogen-bond donors (Lipinski definition) is 1. The number of aromatic nitrogens is 1. The molecule has 6 rings (SSSR count). The maximum Gasteiger partial charge on any atom is 0.301 e. The lowest BCUT2D eigenvalue weighted by molar-refractivity contribution is -0.132. The molecule has 47 heavy (non-hydrogen) atoms. The Hall–Kier alpha value is -5.15. The Kier molecular flexibility index (Phi) is 9.26. The molecule has 1 amide bonds. The van der Waals surface area contributed by atoms with Gasteiger partial charge in [0.05, 0.1) is 35.5 Å². The summed E-state index contributed by atoms with van der Waals surface area (Å²) in [4.78, 5) is 34.0. The van der Waals surface area contributed by atoms with Crippen LogP contribution in [0.25, 0.3) is 16.0 Å². The number of aliphatic hydroxyl groups is 1. The number of aliphatic hydroxyl groups excluding tert-OH is 1. The maximum absolute atomic E-state index is 13.9. The number of ketones is 1. The van der Waals surface area contributed by atoms with Crippen LogP contribution < -0.4 is 19.1 Å². The fraction of sp³-hybridized carbons (Fsp3) is 0.237. The largest absolute Gasteiger partial charge is 0.507 e. The van der Waals surface area contributed by atoms with Crippen molar-refractivity contribution >= 4 is 44.1 Å². The number of methoxy groups -OCH3 is 1. The summed E-state index contributed by atoms with van der Waals surface area (Å²) in [7, 11) is 1.54. The van der Waals surface area contributed by atoms with Gasteiger partial charge in [0.25, 0.3) is 5.78 Å². The van der Waals surface area contributed by atoms with E-state index >= 15 is 0 Å². The molecule has 8 nitrogen and oxygen atoms in total. The topological polar surface area (TPSA) is 98.2 Å². The molecule has 1 saturated heterocycles. The molecule has 9 heteroatoms. The lowest BCUT2D eigenvalue weighted by Crippen LogP contribution is -2.29. The molecule has 1 atom stereocenters. The van der Waals surface area contributed by atoms with Crippen molar-refractivity contribution < 1.29 is 28.9 Å². The van der Waals surface area contributed by atoms with Gasteiger partial charge in [-0.15, -0.1) is 0 Å². The van der Waals surface area contributed by atoms with Crippen LogP contribution in [0, 0.1) is 13.8 Å². The van der Waals surface area contributed by atoms with Crippen LogP contribution in [0.2, 0.25) is 0 Å². The molecular weight excluding hydrogens is 612 g/mol. The number of anilines is 1. The highest BCUT2D eigenvalue weighted by Crippen LogP contribution is 2.46. The normalized spacial score (nSPS) is 15.7. The molecule has 1 N–H and O–H groups in total. The molecule has 1 aliphatic heterocycles. The Morgan fingerprint density at radius 1 is 0.936 bits per heavy atom. The Balaban J connectivity index is 1.47. The number of carbonyl (C=O) groups excluding carboxylic acids is 2. The second-order valence-corrected chi connectivity index (χ2v) is 12.5. The zero-order chi connectivity index (χ0) is 33.1. The first kappa shape index (κ1) is 31.8. The molecule has 2 heterocycles. The van der Waals surface area contributed by atoms with Gasteiger partial charge in [0.1, 0.15) is 18.1 Å². The molecule has 1 aromatic heterocycles. The molecule has 240 valence electrons. The summed E-state index contributed by atoms with van der Waals surface area (Å²) >= 11 is 1.33. The molecule has 1 unspecified atom stereocenters. The van der Waals surface area contributed by atoms with Crippen LogP contribution in [-0.2, 0) is 16.2 Å². The van der Waals surface area contributed by atoms with E-state index < -0.39 is 17.7 Å². The van der Waals surface area contributed by atoms with Crippen molar-refractivity contribution in [3.05, 3.63) is 118 Å². The zero-order valence-electron chi connectivity index (χ0n) is 26.8. The Labute approximate surface area is 277 Å². The van der Waals surface area contributed by atoms with Gasteiger partial charge in [0.15, 0.2) is 16.6 Å². The molecule has 5 aromatic rings. The van der Waals surface area contributed by atoms with Crippen molar-refractivity contribution in [3.8, 4) is 17.2 Å². The summed E-state index contributed by atoms with van der Waals surface area (Å²) in [6.45, 7) is 6.91. The SMILES string of the molecule is CCCCOc1cccc(/C(O)=C2\C(=O)C(=O)N(c3nc4c(C)cc(C)cc4s3)C2c2ccc(OCc3ccccc3)c(OC)c2)c1. The number of nitrogens with zero attached hydrogens (tertiary/aromatic N) is 2. The van der Waals surface area contributed by atoms with Crippen LogP contribution in [-0.4, -0.2) is 35.5 Å². The van der Waals surface area contributed by atoms with Crippen LogP contribution in [0.5, 0.6) is 17.2 Å². The summed E-state index contributed by atoms with van der Waals surface area (Å²) in [5.74, 6) is -0.393. The van der Waals surface area contributed by atoms with Crippen LogP contribution in [0.15, 0.2) is 90.5 Å². The van der Waals surface area contributed by atoms with Crippen molar-refractivity contribution in [1.29, 1.82) is 0 Å². The fourth-order valence-electron chi connectivity index (χ4n) is 5.74. The summed E-state index contributed by atoms with van der Waals surface area (Å²) < 4.78 is 18.6.